The Hall–Kier alpha value is -1.17. The summed E-state index contributed by atoms with van der Waals surface area (Å²) in [4.78, 5) is 12.5. The Morgan fingerprint density at radius 1 is 1.70 bits per heavy atom. The molecule has 54 valence electrons. The van der Waals surface area contributed by atoms with Crippen LogP contribution < -0.4 is 5.73 Å². The molecule has 0 saturated carbocycles. The minimum atomic E-state index is -0.495. The van der Waals surface area contributed by atoms with Gasteiger partial charge in [0.15, 0.2) is 5.03 Å². The van der Waals surface area contributed by atoms with Crippen molar-refractivity contribution in [2.24, 2.45) is 0 Å². The normalized spacial score (nSPS) is 9.60. The van der Waals surface area contributed by atoms with Crippen molar-refractivity contribution in [1.82, 2.24) is 4.98 Å². The molecular weight excluding hydrogens is 154 g/mol. The second-order valence-corrected chi connectivity index (χ2v) is 2.51. The number of nitrogens with one attached hydrogen (secondary N) is 1. The minimum absolute atomic E-state index is 0.435. The summed E-state index contributed by atoms with van der Waals surface area (Å²) in [5.74, 6) is 0.435. The molecule has 0 atom stereocenters. The van der Waals surface area contributed by atoms with Gasteiger partial charge in [0.1, 0.15) is 10.1 Å². The Morgan fingerprint density at radius 3 is 2.80 bits per heavy atom. The van der Waals surface area contributed by atoms with Crippen LogP contribution in [0.4, 0.5) is 5.82 Å². The summed E-state index contributed by atoms with van der Waals surface area (Å²) in [6, 6.07) is 3.13. The van der Waals surface area contributed by atoms with Gasteiger partial charge in [-0.05, 0) is 12.1 Å². The Labute approximate surface area is 60.9 Å². The van der Waals surface area contributed by atoms with Gasteiger partial charge in [0.25, 0.3) is 11.9 Å². The number of hydrogen-bond donors (Lipinski definition) is 2. The van der Waals surface area contributed by atoms with E-state index in [2.05, 4.69) is 4.98 Å². The first-order chi connectivity index (χ1) is 4.68. The van der Waals surface area contributed by atoms with Gasteiger partial charge in [0.05, 0.1) is 0 Å². The highest BCUT2D eigenvalue weighted by Crippen LogP contribution is 2.17. The molecule has 0 aliphatic heterocycles. The smallest absolute Gasteiger partial charge is 0.283 e. The zero-order chi connectivity index (χ0) is 7.56. The van der Waals surface area contributed by atoms with Crippen LogP contribution in [0, 0.1) is 10.1 Å². The molecular formula is C4H5N3O2S. The molecule has 0 unspecified atom stereocenters. The van der Waals surface area contributed by atoms with Crippen LogP contribution in [-0.4, -0.2) is 9.31 Å². The maximum Gasteiger partial charge on any atom is 0.283 e. The summed E-state index contributed by atoms with van der Waals surface area (Å²) in [5, 5.41) is 10.3. The maximum atomic E-state index is 9.89. The predicted molar refractivity (Wildman–Crippen MR) is 38.1 cm³/mol. The zero-order valence-electron chi connectivity index (χ0n) is 4.90. The molecule has 1 rings (SSSR count). The van der Waals surface area contributed by atoms with E-state index < -0.39 is 4.33 Å². The third kappa shape index (κ3) is 1.66. The molecule has 0 aliphatic carbocycles. The highest BCUT2D eigenvalue weighted by molar-refractivity contribution is 7.93. The molecule has 0 aliphatic rings. The van der Waals surface area contributed by atoms with Gasteiger partial charge in [-0.25, -0.2) is 0 Å². The van der Waals surface area contributed by atoms with Crippen LogP contribution >= 0.6 is 11.9 Å². The highest BCUT2D eigenvalue weighted by Gasteiger charge is 2.05. The molecule has 10 heavy (non-hydrogen) atoms. The number of H-pyrrole nitrogens is 1. The number of rotatable bonds is 2. The van der Waals surface area contributed by atoms with E-state index in [0.717, 1.165) is 0 Å². The molecule has 0 amide bonds. The number of anilines is 1. The van der Waals surface area contributed by atoms with E-state index in [1.807, 2.05) is 0 Å². The van der Waals surface area contributed by atoms with Crippen molar-refractivity contribution < 1.29 is 4.33 Å². The quantitative estimate of drug-likeness (QED) is 0.381. The largest absolute Gasteiger partial charge is 0.385 e. The second kappa shape index (κ2) is 2.61. The summed E-state index contributed by atoms with van der Waals surface area (Å²) in [6.07, 6.45) is 0. The summed E-state index contributed by atoms with van der Waals surface area (Å²) < 4.78 is -0.495. The van der Waals surface area contributed by atoms with E-state index in [1.54, 1.807) is 12.1 Å². The molecule has 5 nitrogen and oxygen atoms in total. The summed E-state index contributed by atoms with van der Waals surface area (Å²) in [7, 11) is 0. The van der Waals surface area contributed by atoms with E-state index >= 15 is 0 Å². The molecule has 3 N–H and O–H groups in total. The second-order valence-electron chi connectivity index (χ2n) is 1.59. The SMILES string of the molecule is Nc1ccc(S[N+](=O)[O-])[nH]1. The van der Waals surface area contributed by atoms with Crippen LogP contribution in [0.15, 0.2) is 17.2 Å². The fourth-order valence-electron chi connectivity index (χ4n) is 0.525. The first kappa shape index (κ1) is 6.94. The van der Waals surface area contributed by atoms with Gasteiger partial charge in [-0.2, -0.15) is 0 Å². The number of nitrogens with zero attached hydrogens (tertiary/aromatic N) is 1. The van der Waals surface area contributed by atoms with Crippen LogP contribution in [0.1, 0.15) is 0 Å². The van der Waals surface area contributed by atoms with Crippen molar-refractivity contribution in [2.45, 2.75) is 5.03 Å². The molecule has 0 bridgehead atoms. The van der Waals surface area contributed by atoms with Crippen LogP contribution in [0.2, 0.25) is 0 Å². The van der Waals surface area contributed by atoms with Crippen LogP contribution in [0.25, 0.3) is 0 Å². The lowest BCUT2D eigenvalue weighted by atomic mass is 10.6. The van der Waals surface area contributed by atoms with E-state index in [1.165, 1.54) is 0 Å². The molecule has 0 radical (unpaired) electrons. The standard InChI is InChI=1S/C4H5N3O2S/c5-3-1-2-4(6-3)10-7(8)9/h1-2,6H,5H2. The Bertz CT molecular complexity index is 246. The van der Waals surface area contributed by atoms with Gasteiger partial charge in [-0.1, -0.05) is 0 Å². The zero-order valence-corrected chi connectivity index (χ0v) is 5.72. The predicted octanol–water partition coefficient (Wildman–Crippen LogP) is 0.881. The van der Waals surface area contributed by atoms with Gasteiger partial charge in [-0.3, -0.25) is 10.1 Å². The molecule has 1 aromatic heterocycles. The number of aromatic nitrogens is 1. The van der Waals surface area contributed by atoms with Crippen LogP contribution in [0.3, 0.4) is 0 Å². The van der Waals surface area contributed by atoms with Crippen molar-refractivity contribution in [3.63, 3.8) is 0 Å². The van der Waals surface area contributed by atoms with E-state index in [4.69, 9.17) is 5.73 Å². The molecule has 0 fully saturated rings. The first-order valence-corrected chi connectivity index (χ1v) is 3.22. The summed E-state index contributed by atoms with van der Waals surface area (Å²) >= 11 is 0.506. The van der Waals surface area contributed by atoms with Crippen molar-refractivity contribution in [3.8, 4) is 0 Å². The number of nitrogens with two attached hydrogens (primary N) is 1. The maximum absolute atomic E-state index is 9.89. The van der Waals surface area contributed by atoms with Gasteiger partial charge >= 0.3 is 0 Å². The number of aromatic amines is 1. The summed E-state index contributed by atoms with van der Waals surface area (Å²) in [6.45, 7) is 0. The fourth-order valence-corrected chi connectivity index (χ4v) is 0.978. The van der Waals surface area contributed by atoms with E-state index in [-0.39, 0.29) is 0 Å². The van der Waals surface area contributed by atoms with Gasteiger partial charge in [0, 0.05) is 0 Å². The molecule has 0 spiro atoms. The lowest BCUT2D eigenvalue weighted by Crippen LogP contribution is -1.85. The van der Waals surface area contributed by atoms with Crippen LogP contribution in [-0.2, 0) is 0 Å². The van der Waals surface area contributed by atoms with Gasteiger partial charge in [-0.15, -0.1) is 0 Å². The first-order valence-electron chi connectivity index (χ1n) is 2.45. The summed E-state index contributed by atoms with van der Waals surface area (Å²) in [5.41, 5.74) is 5.26. The molecule has 0 aromatic carbocycles. The molecule has 1 aromatic rings. The van der Waals surface area contributed by atoms with Gasteiger partial charge < -0.3 is 10.7 Å². The molecule has 0 saturated heterocycles. The Balaban J connectivity index is 2.67. The third-order valence-electron chi connectivity index (χ3n) is 0.855. The van der Waals surface area contributed by atoms with E-state index in [0.29, 0.717) is 22.8 Å². The Morgan fingerprint density at radius 2 is 2.40 bits per heavy atom. The highest BCUT2D eigenvalue weighted by atomic mass is 32.2. The lowest BCUT2D eigenvalue weighted by Gasteiger charge is -1.83. The Kier molecular flexibility index (Phi) is 1.81. The van der Waals surface area contributed by atoms with Crippen molar-refractivity contribution in [2.75, 3.05) is 5.73 Å². The fraction of sp³-hybridized carbons (Fsp3) is 0. The average molecular weight is 159 g/mol. The van der Waals surface area contributed by atoms with Crippen molar-refractivity contribution in [3.05, 3.63) is 22.2 Å². The average Bonchev–Trinajstić information content (AvgIpc) is 2.13. The number of hydrogen-bond acceptors (Lipinski definition) is 4. The minimum Gasteiger partial charge on any atom is -0.385 e. The third-order valence-corrected chi connectivity index (χ3v) is 1.44. The molecule has 1 heterocycles. The van der Waals surface area contributed by atoms with E-state index in [9.17, 15) is 10.1 Å². The monoisotopic (exact) mass is 159 g/mol. The topological polar surface area (TPSA) is 84.9 Å². The number of nitro groups is 1. The van der Waals surface area contributed by atoms with Gasteiger partial charge in [0.2, 0.25) is 0 Å². The van der Waals surface area contributed by atoms with Crippen molar-refractivity contribution >= 4 is 17.8 Å². The van der Waals surface area contributed by atoms with Crippen LogP contribution in [0.5, 0.6) is 0 Å². The number of nitrogen functional groups attached to an aromatic ring is 1. The molecule has 6 heteroatoms. The lowest BCUT2D eigenvalue weighted by molar-refractivity contribution is -0.284. The van der Waals surface area contributed by atoms with Crippen molar-refractivity contribution in [1.29, 1.82) is 0 Å².